The Hall–Kier alpha value is -3.71. The first kappa shape index (κ1) is 23.4. The minimum absolute atomic E-state index is 0.0551. The van der Waals surface area contributed by atoms with Crippen LogP contribution >= 0.6 is 11.6 Å². The lowest BCUT2D eigenvalue weighted by atomic mass is 9.98. The summed E-state index contributed by atoms with van der Waals surface area (Å²) in [5.74, 6) is 1.07. The van der Waals surface area contributed by atoms with Crippen LogP contribution in [-0.4, -0.2) is 37.1 Å². The molecule has 1 N–H and O–H groups in total. The van der Waals surface area contributed by atoms with Gasteiger partial charge in [0.1, 0.15) is 43.3 Å². The van der Waals surface area contributed by atoms with Crippen LogP contribution in [0.15, 0.2) is 71.9 Å². The lowest BCUT2D eigenvalue weighted by molar-refractivity contribution is -0.137. The number of carboxylic acids is 1. The number of carbonyl (C=O) groups is 1. The van der Waals surface area contributed by atoms with Crippen molar-refractivity contribution in [2.75, 3.05) is 20.3 Å². The van der Waals surface area contributed by atoms with Crippen molar-refractivity contribution in [2.45, 2.75) is 18.9 Å². The number of oxime groups is 1. The third-order valence-electron chi connectivity index (χ3n) is 5.35. The summed E-state index contributed by atoms with van der Waals surface area (Å²) in [7, 11) is 1.49. The van der Waals surface area contributed by atoms with Gasteiger partial charge < -0.3 is 24.2 Å². The summed E-state index contributed by atoms with van der Waals surface area (Å²) < 4.78 is 17.4. The van der Waals surface area contributed by atoms with Crippen molar-refractivity contribution in [3.05, 3.63) is 88.4 Å². The number of rotatable bonds is 10. The SMILES string of the molecule is CON=C(COc1ccc(COc2ccc3c(c2)OCC3CC(=O)O)cc1)c1cccc(Cl)c1. The van der Waals surface area contributed by atoms with Gasteiger partial charge in [0.15, 0.2) is 0 Å². The first-order valence-electron chi connectivity index (χ1n) is 10.7. The van der Waals surface area contributed by atoms with Gasteiger partial charge >= 0.3 is 5.97 Å². The van der Waals surface area contributed by atoms with E-state index < -0.39 is 5.97 Å². The first-order valence-corrected chi connectivity index (χ1v) is 11.1. The number of ether oxygens (including phenoxy) is 3. The molecule has 0 saturated heterocycles. The van der Waals surface area contributed by atoms with Crippen molar-refractivity contribution in [2.24, 2.45) is 5.16 Å². The maximum Gasteiger partial charge on any atom is 0.304 e. The Morgan fingerprint density at radius 2 is 1.88 bits per heavy atom. The number of halogens is 1. The van der Waals surface area contributed by atoms with E-state index in [4.69, 9.17) is 35.8 Å². The average molecular weight is 482 g/mol. The molecule has 1 aliphatic rings. The Kier molecular flexibility index (Phi) is 7.54. The molecule has 3 aromatic rings. The summed E-state index contributed by atoms with van der Waals surface area (Å²) in [6, 6.07) is 20.4. The second-order valence-corrected chi connectivity index (χ2v) is 8.19. The van der Waals surface area contributed by atoms with Crippen LogP contribution in [0, 0.1) is 0 Å². The van der Waals surface area contributed by atoms with Gasteiger partial charge in [0, 0.05) is 28.1 Å². The molecule has 1 heterocycles. The van der Waals surface area contributed by atoms with Gasteiger partial charge in [-0.3, -0.25) is 4.79 Å². The highest BCUT2D eigenvalue weighted by atomic mass is 35.5. The molecule has 1 unspecified atom stereocenters. The number of hydrogen-bond acceptors (Lipinski definition) is 6. The van der Waals surface area contributed by atoms with Crippen LogP contribution < -0.4 is 14.2 Å². The molecule has 1 aliphatic heterocycles. The lowest BCUT2D eigenvalue weighted by Gasteiger charge is -2.11. The van der Waals surface area contributed by atoms with E-state index in [1.807, 2.05) is 48.5 Å². The van der Waals surface area contributed by atoms with Gasteiger partial charge in [-0.25, -0.2) is 0 Å². The molecular formula is C26H24ClNO6. The molecule has 0 aromatic heterocycles. The Morgan fingerprint density at radius 3 is 2.62 bits per heavy atom. The van der Waals surface area contributed by atoms with Gasteiger partial charge in [-0.15, -0.1) is 0 Å². The monoisotopic (exact) mass is 481 g/mol. The zero-order valence-corrected chi connectivity index (χ0v) is 19.3. The molecule has 8 heteroatoms. The van der Waals surface area contributed by atoms with Crippen molar-refractivity contribution < 1.29 is 28.9 Å². The number of nitrogens with zero attached hydrogens (tertiary/aromatic N) is 1. The van der Waals surface area contributed by atoms with Crippen molar-refractivity contribution in [3.63, 3.8) is 0 Å². The Balaban J connectivity index is 1.32. The summed E-state index contributed by atoms with van der Waals surface area (Å²) in [4.78, 5) is 15.9. The Bertz CT molecular complexity index is 1180. The molecule has 7 nitrogen and oxygen atoms in total. The molecule has 0 radical (unpaired) electrons. The number of aliphatic carboxylic acids is 1. The minimum Gasteiger partial charge on any atom is -0.492 e. The van der Waals surface area contributed by atoms with Gasteiger partial charge in [0.05, 0.1) is 13.0 Å². The number of hydrogen-bond donors (Lipinski definition) is 1. The van der Waals surface area contributed by atoms with Gasteiger partial charge in [-0.2, -0.15) is 0 Å². The maximum absolute atomic E-state index is 11.0. The van der Waals surface area contributed by atoms with Crippen LogP contribution in [0.2, 0.25) is 5.02 Å². The molecular weight excluding hydrogens is 458 g/mol. The van der Waals surface area contributed by atoms with E-state index in [2.05, 4.69) is 5.16 Å². The van der Waals surface area contributed by atoms with E-state index >= 15 is 0 Å². The summed E-state index contributed by atoms with van der Waals surface area (Å²) in [5.41, 5.74) is 3.33. The van der Waals surface area contributed by atoms with E-state index in [0.717, 1.165) is 16.7 Å². The van der Waals surface area contributed by atoms with Crippen LogP contribution in [0.5, 0.6) is 17.2 Å². The van der Waals surface area contributed by atoms with Crippen LogP contribution in [0.4, 0.5) is 0 Å². The molecule has 0 spiro atoms. The quantitative estimate of drug-likeness (QED) is 0.312. The fourth-order valence-corrected chi connectivity index (χ4v) is 3.86. The van der Waals surface area contributed by atoms with E-state index in [1.165, 1.54) is 7.11 Å². The smallest absolute Gasteiger partial charge is 0.304 e. The van der Waals surface area contributed by atoms with Gasteiger partial charge in [0.2, 0.25) is 0 Å². The molecule has 0 bridgehead atoms. The number of carboxylic acid groups (broad SMARTS) is 1. The molecule has 34 heavy (non-hydrogen) atoms. The van der Waals surface area contributed by atoms with Crippen molar-refractivity contribution in [1.29, 1.82) is 0 Å². The Morgan fingerprint density at radius 1 is 1.09 bits per heavy atom. The van der Waals surface area contributed by atoms with Gasteiger partial charge in [-0.05, 0) is 35.9 Å². The number of benzene rings is 3. The minimum atomic E-state index is -0.833. The van der Waals surface area contributed by atoms with Crippen molar-refractivity contribution >= 4 is 23.3 Å². The third kappa shape index (κ3) is 5.99. The standard InChI is InChI=1S/C26H24ClNO6/c1-31-28-24(18-3-2-4-20(27)11-18)16-33-21-7-5-17(6-8-21)14-32-22-9-10-23-19(12-26(29)30)15-34-25(23)13-22/h2-11,13,19H,12,14-16H2,1H3,(H,29,30). The molecule has 0 saturated carbocycles. The summed E-state index contributed by atoms with van der Waals surface area (Å²) >= 11 is 6.07. The fourth-order valence-electron chi connectivity index (χ4n) is 3.67. The molecule has 0 fully saturated rings. The highest BCUT2D eigenvalue weighted by Crippen LogP contribution is 2.38. The lowest BCUT2D eigenvalue weighted by Crippen LogP contribution is -2.13. The third-order valence-corrected chi connectivity index (χ3v) is 5.58. The molecule has 4 rings (SSSR count). The van der Waals surface area contributed by atoms with Crippen molar-refractivity contribution in [1.82, 2.24) is 0 Å². The first-order chi connectivity index (χ1) is 16.5. The maximum atomic E-state index is 11.0. The van der Waals surface area contributed by atoms with E-state index in [1.54, 1.807) is 18.2 Å². The van der Waals surface area contributed by atoms with Crippen LogP contribution in [0.1, 0.15) is 29.0 Å². The van der Waals surface area contributed by atoms with Crippen molar-refractivity contribution in [3.8, 4) is 17.2 Å². The predicted octanol–water partition coefficient (Wildman–Crippen LogP) is 5.30. The molecule has 176 valence electrons. The van der Waals surface area contributed by atoms with Gasteiger partial charge in [0.25, 0.3) is 0 Å². The highest BCUT2D eigenvalue weighted by Gasteiger charge is 2.26. The molecule has 3 aromatic carbocycles. The summed E-state index contributed by atoms with van der Waals surface area (Å²) in [6.07, 6.45) is 0.0551. The summed E-state index contributed by atoms with van der Waals surface area (Å²) in [6.45, 7) is 0.971. The average Bonchev–Trinajstić information content (AvgIpc) is 3.22. The van der Waals surface area contributed by atoms with E-state index in [9.17, 15) is 4.79 Å². The van der Waals surface area contributed by atoms with Crippen LogP contribution in [0.25, 0.3) is 0 Å². The molecule has 0 aliphatic carbocycles. The second kappa shape index (κ2) is 10.9. The topological polar surface area (TPSA) is 86.6 Å². The zero-order chi connectivity index (χ0) is 23.9. The second-order valence-electron chi connectivity index (χ2n) is 7.76. The summed E-state index contributed by atoms with van der Waals surface area (Å²) in [5, 5.41) is 13.7. The fraction of sp³-hybridized carbons (Fsp3) is 0.231. The van der Waals surface area contributed by atoms with E-state index in [-0.39, 0.29) is 18.9 Å². The molecule has 0 amide bonds. The predicted molar refractivity (Wildman–Crippen MR) is 128 cm³/mol. The van der Waals surface area contributed by atoms with Crippen LogP contribution in [-0.2, 0) is 16.2 Å². The van der Waals surface area contributed by atoms with E-state index in [0.29, 0.717) is 41.2 Å². The Labute approximate surface area is 202 Å². The molecule has 1 atom stereocenters. The normalized spacial score (nSPS) is 14.8. The zero-order valence-electron chi connectivity index (χ0n) is 18.6. The largest absolute Gasteiger partial charge is 0.492 e. The highest BCUT2D eigenvalue weighted by molar-refractivity contribution is 6.31. The van der Waals surface area contributed by atoms with Gasteiger partial charge in [-0.1, -0.05) is 47.1 Å². The number of fused-ring (bicyclic) bond motifs is 1. The van der Waals surface area contributed by atoms with Crippen LogP contribution in [0.3, 0.4) is 0 Å².